The zero-order valence-corrected chi connectivity index (χ0v) is 15.9. The molecule has 2 aliphatic carbocycles. The fourth-order valence-corrected chi connectivity index (χ4v) is 5.38. The van der Waals surface area contributed by atoms with Crippen LogP contribution in [-0.4, -0.2) is 23.4 Å². The van der Waals surface area contributed by atoms with E-state index in [-0.39, 0.29) is 5.91 Å². The van der Waals surface area contributed by atoms with Crippen molar-refractivity contribution in [1.82, 2.24) is 10.2 Å². The summed E-state index contributed by atoms with van der Waals surface area (Å²) >= 11 is 0. The highest BCUT2D eigenvalue weighted by atomic mass is 16.1. The first-order chi connectivity index (χ1) is 13.2. The maximum Gasteiger partial charge on any atom is 0.251 e. The molecule has 2 saturated carbocycles. The Balaban J connectivity index is 1.19. The molecule has 0 radical (unpaired) electrons. The van der Waals surface area contributed by atoms with E-state index in [0.29, 0.717) is 6.04 Å². The normalized spacial score (nSPS) is 26.7. The summed E-state index contributed by atoms with van der Waals surface area (Å²) in [6, 6.07) is 17.4. The molecule has 27 heavy (non-hydrogen) atoms. The Hall–Kier alpha value is -2.13. The highest BCUT2D eigenvalue weighted by Crippen LogP contribution is 2.44. The van der Waals surface area contributed by atoms with Crippen LogP contribution in [-0.2, 0) is 19.5 Å². The van der Waals surface area contributed by atoms with Crippen LogP contribution in [0.4, 0.5) is 0 Å². The van der Waals surface area contributed by atoms with Crippen molar-refractivity contribution in [2.45, 2.75) is 51.2 Å². The quantitative estimate of drug-likeness (QED) is 0.888. The summed E-state index contributed by atoms with van der Waals surface area (Å²) < 4.78 is 0. The van der Waals surface area contributed by atoms with E-state index < -0.39 is 0 Å². The molecule has 3 heteroatoms. The minimum absolute atomic E-state index is 0.103. The monoisotopic (exact) mass is 360 g/mol. The van der Waals surface area contributed by atoms with Crippen molar-refractivity contribution in [3.8, 4) is 0 Å². The molecule has 140 valence electrons. The molecule has 0 aromatic heterocycles. The molecule has 0 saturated heterocycles. The molecule has 3 atom stereocenters. The van der Waals surface area contributed by atoms with Gasteiger partial charge in [-0.1, -0.05) is 42.8 Å². The number of rotatable bonds is 4. The molecule has 2 aromatic carbocycles. The lowest BCUT2D eigenvalue weighted by Crippen LogP contribution is -2.38. The summed E-state index contributed by atoms with van der Waals surface area (Å²) in [5.74, 6) is 1.68. The summed E-state index contributed by atoms with van der Waals surface area (Å²) in [7, 11) is 0. The van der Waals surface area contributed by atoms with Crippen LogP contribution >= 0.6 is 0 Å². The predicted molar refractivity (Wildman–Crippen MR) is 107 cm³/mol. The average Bonchev–Trinajstić information content (AvgIpc) is 3.31. The molecular weight excluding hydrogens is 332 g/mol. The number of benzene rings is 2. The van der Waals surface area contributed by atoms with Crippen LogP contribution in [0.2, 0.25) is 0 Å². The van der Waals surface area contributed by atoms with E-state index in [2.05, 4.69) is 46.6 Å². The maximum atomic E-state index is 12.6. The Morgan fingerprint density at radius 3 is 2.56 bits per heavy atom. The van der Waals surface area contributed by atoms with Gasteiger partial charge >= 0.3 is 0 Å². The zero-order valence-electron chi connectivity index (χ0n) is 15.9. The van der Waals surface area contributed by atoms with Gasteiger partial charge in [-0.25, -0.2) is 0 Å². The van der Waals surface area contributed by atoms with Crippen LogP contribution in [0.3, 0.4) is 0 Å². The van der Waals surface area contributed by atoms with Crippen molar-refractivity contribution < 1.29 is 4.79 Å². The van der Waals surface area contributed by atoms with Gasteiger partial charge in [0.1, 0.15) is 0 Å². The summed E-state index contributed by atoms with van der Waals surface area (Å²) in [4.78, 5) is 15.1. The number of carbonyl (C=O) groups is 1. The summed E-state index contributed by atoms with van der Waals surface area (Å²) in [5, 5.41) is 3.29. The molecule has 5 rings (SSSR count). The summed E-state index contributed by atoms with van der Waals surface area (Å²) in [6.45, 7) is 3.06. The van der Waals surface area contributed by atoms with Gasteiger partial charge in [-0.05, 0) is 66.3 Å². The van der Waals surface area contributed by atoms with Crippen LogP contribution in [0.25, 0.3) is 0 Å². The molecule has 1 heterocycles. The van der Waals surface area contributed by atoms with Crippen molar-refractivity contribution in [3.05, 3.63) is 70.8 Å². The van der Waals surface area contributed by atoms with E-state index in [9.17, 15) is 4.79 Å². The Kier molecular flexibility index (Phi) is 4.48. The van der Waals surface area contributed by atoms with Gasteiger partial charge < -0.3 is 5.32 Å². The number of carbonyl (C=O) groups excluding carboxylic acids is 1. The Labute approximate surface area is 161 Å². The molecule has 1 amide bonds. The molecule has 3 nitrogen and oxygen atoms in total. The highest BCUT2D eigenvalue weighted by Gasteiger charge is 2.40. The fraction of sp³-hybridized carbons (Fsp3) is 0.458. The largest absolute Gasteiger partial charge is 0.349 e. The van der Waals surface area contributed by atoms with Gasteiger partial charge in [0.2, 0.25) is 0 Å². The van der Waals surface area contributed by atoms with E-state index in [1.54, 1.807) is 0 Å². The van der Waals surface area contributed by atoms with Crippen LogP contribution in [0.15, 0.2) is 48.5 Å². The van der Waals surface area contributed by atoms with E-state index in [1.165, 1.54) is 42.4 Å². The van der Waals surface area contributed by atoms with Crippen LogP contribution in [0, 0.1) is 11.8 Å². The number of amides is 1. The smallest absolute Gasteiger partial charge is 0.251 e. The lowest BCUT2D eigenvalue weighted by atomic mass is 9.95. The van der Waals surface area contributed by atoms with Gasteiger partial charge in [0.05, 0.1) is 0 Å². The van der Waals surface area contributed by atoms with Gasteiger partial charge in [-0.3, -0.25) is 9.69 Å². The van der Waals surface area contributed by atoms with Gasteiger partial charge in [0.25, 0.3) is 5.91 Å². The third-order valence-corrected chi connectivity index (χ3v) is 6.89. The molecule has 2 aromatic rings. The summed E-state index contributed by atoms with van der Waals surface area (Å²) in [6.07, 6.45) is 6.30. The van der Waals surface area contributed by atoms with E-state index >= 15 is 0 Å². The number of nitrogens with zero attached hydrogens (tertiary/aromatic N) is 1. The Morgan fingerprint density at radius 1 is 1.00 bits per heavy atom. The van der Waals surface area contributed by atoms with Crippen molar-refractivity contribution >= 4 is 5.91 Å². The lowest BCUT2D eigenvalue weighted by molar-refractivity contribution is 0.0923. The van der Waals surface area contributed by atoms with E-state index in [0.717, 1.165) is 43.5 Å². The molecule has 0 spiro atoms. The fourth-order valence-electron chi connectivity index (χ4n) is 5.38. The molecule has 3 aliphatic rings. The first-order valence-electron chi connectivity index (χ1n) is 10.4. The van der Waals surface area contributed by atoms with E-state index in [1.807, 2.05) is 12.1 Å². The van der Waals surface area contributed by atoms with Crippen LogP contribution in [0.5, 0.6) is 0 Å². The number of fused-ring (bicyclic) bond motifs is 3. The SMILES string of the molecule is O=C(N[C@@H]1C[C@H]2CC[C@@H]1C2)c1ccc(CN2CCc3ccccc3C2)cc1. The van der Waals surface area contributed by atoms with Gasteiger partial charge in [0.15, 0.2) is 0 Å². The minimum atomic E-state index is 0.103. The van der Waals surface area contributed by atoms with Gasteiger partial charge in [0, 0.05) is 31.2 Å². The molecule has 2 fully saturated rings. The second-order valence-corrected chi connectivity index (χ2v) is 8.68. The van der Waals surface area contributed by atoms with Crippen LogP contribution < -0.4 is 5.32 Å². The Bertz CT molecular complexity index is 829. The minimum Gasteiger partial charge on any atom is -0.349 e. The second kappa shape index (κ2) is 7.12. The highest BCUT2D eigenvalue weighted by molar-refractivity contribution is 5.94. The molecule has 0 unspecified atom stereocenters. The molecular formula is C24H28N2O. The number of hydrogen-bond acceptors (Lipinski definition) is 2. The van der Waals surface area contributed by atoms with Crippen molar-refractivity contribution in [2.24, 2.45) is 11.8 Å². The molecule has 2 bridgehead atoms. The van der Waals surface area contributed by atoms with E-state index in [4.69, 9.17) is 0 Å². The predicted octanol–water partition coefficient (Wildman–Crippen LogP) is 4.16. The van der Waals surface area contributed by atoms with Crippen molar-refractivity contribution in [1.29, 1.82) is 0 Å². The van der Waals surface area contributed by atoms with Crippen LogP contribution in [0.1, 0.15) is 52.7 Å². The number of nitrogens with one attached hydrogen (secondary N) is 1. The maximum absolute atomic E-state index is 12.6. The van der Waals surface area contributed by atoms with Crippen molar-refractivity contribution in [2.75, 3.05) is 6.54 Å². The first-order valence-corrected chi connectivity index (χ1v) is 10.4. The lowest BCUT2D eigenvalue weighted by Gasteiger charge is -2.28. The average molecular weight is 361 g/mol. The zero-order chi connectivity index (χ0) is 18.2. The van der Waals surface area contributed by atoms with Gasteiger partial charge in [-0.15, -0.1) is 0 Å². The second-order valence-electron chi connectivity index (χ2n) is 8.68. The topological polar surface area (TPSA) is 32.3 Å². The third-order valence-electron chi connectivity index (χ3n) is 6.89. The standard InChI is InChI=1S/C24H28N2O/c27-24(25-23-14-18-7-10-21(23)13-18)20-8-5-17(6-9-20)15-26-12-11-19-3-1-2-4-22(19)16-26/h1-6,8-9,18,21,23H,7,10-16H2,(H,25,27)/t18-,21+,23+/m0/s1. The number of hydrogen-bond donors (Lipinski definition) is 1. The molecule has 1 aliphatic heterocycles. The first kappa shape index (κ1) is 17.0. The van der Waals surface area contributed by atoms with Gasteiger partial charge in [-0.2, -0.15) is 0 Å². The molecule has 1 N–H and O–H groups in total. The summed E-state index contributed by atoms with van der Waals surface area (Å²) in [5.41, 5.74) is 5.02. The van der Waals surface area contributed by atoms with Crippen molar-refractivity contribution in [3.63, 3.8) is 0 Å². The third kappa shape index (κ3) is 3.53. The Morgan fingerprint density at radius 2 is 1.81 bits per heavy atom.